The van der Waals surface area contributed by atoms with Crippen LogP contribution in [0.4, 0.5) is 0 Å². The molecule has 1 aliphatic rings. The van der Waals surface area contributed by atoms with Gasteiger partial charge in [-0.15, -0.1) is 0 Å². The molecular weight excluding hydrogens is 280 g/mol. The summed E-state index contributed by atoms with van der Waals surface area (Å²) in [5, 5.41) is 11.2. The second-order valence-corrected chi connectivity index (χ2v) is 5.04. The number of benzene rings is 1. The van der Waals surface area contributed by atoms with Gasteiger partial charge in [0.25, 0.3) is 0 Å². The van der Waals surface area contributed by atoms with Crippen molar-refractivity contribution in [1.29, 1.82) is 0 Å². The molecule has 0 fully saturated rings. The van der Waals surface area contributed by atoms with Gasteiger partial charge in [0.15, 0.2) is 11.5 Å². The minimum Gasteiger partial charge on any atom is -0.486 e. The summed E-state index contributed by atoms with van der Waals surface area (Å²) in [6.07, 6.45) is 0. The first-order valence-electron chi connectivity index (χ1n) is 7.06. The number of fused-ring (bicyclic) bond motifs is 1. The number of ether oxygens (including phenoxy) is 2. The smallest absolute Gasteiger partial charge is 0.162 e. The predicted octanol–water partition coefficient (Wildman–Crippen LogP) is 2.61. The minimum atomic E-state index is 0.557. The molecule has 6 heteroatoms. The summed E-state index contributed by atoms with van der Waals surface area (Å²) in [7, 11) is 0. The summed E-state index contributed by atoms with van der Waals surface area (Å²) >= 11 is 0. The van der Waals surface area contributed by atoms with E-state index in [1.54, 1.807) is 0 Å². The van der Waals surface area contributed by atoms with Crippen LogP contribution in [0.25, 0.3) is 22.6 Å². The maximum Gasteiger partial charge on any atom is 0.162 e. The Labute approximate surface area is 127 Å². The molecule has 0 unspecified atom stereocenters. The molecule has 22 heavy (non-hydrogen) atoms. The lowest BCUT2D eigenvalue weighted by molar-refractivity contribution is 0.171. The van der Waals surface area contributed by atoms with Crippen molar-refractivity contribution in [3.05, 3.63) is 42.1 Å². The van der Waals surface area contributed by atoms with Crippen LogP contribution < -0.4 is 9.47 Å². The Kier molecular flexibility index (Phi) is 3.00. The van der Waals surface area contributed by atoms with Crippen LogP contribution >= 0.6 is 0 Å². The van der Waals surface area contributed by atoms with E-state index in [4.69, 9.17) is 9.47 Å². The number of aromatic amines is 1. The van der Waals surface area contributed by atoms with Gasteiger partial charge < -0.3 is 9.47 Å². The maximum absolute atomic E-state index is 5.63. The number of hydrogen-bond donors (Lipinski definition) is 1. The summed E-state index contributed by atoms with van der Waals surface area (Å²) in [5.74, 6) is 1.49. The van der Waals surface area contributed by atoms with Crippen molar-refractivity contribution in [2.45, 2.75) is 6.92 Å². The largest absolute Gasteiger partial charge is 0.486 e. The summed E-state index contributed by atoms with van der Waals surface area (Å²) < 4.78 is 11.2. The van der Waals surface area contributed by atoms with Gasteiger partial charge in [-0.25, -0.2) is 0 Å². The standard InChI is InChI=1S/C16H14N4O2/c1-10-3-2-4-12(17-10)16-15(18-20-19-16)11-5-6-13-14(9-11)22-8-7-21-13/h2-6,9H,7-8H2,1H3,(H,18,19,20). The quantitative estimate of drug-likeness (QED) is 0.786. The van der Waals surface area contributed by atoms with Crippen LogP contribution in [0.15, 0.2) is 36.4 Å². The molecule has 110 valence electrons. The number of aryl methyl sites for hydroxylation is 1. The minimum absolute atomic E-state index is 0.557. The van der Waals surface area contributed by atoms with Crippen molar-refractivity contribution < 1.29 is 9.47 Å². The second-order valence-electron chi connectivity index (χ2n) is 5.04. The van der Waals surface area contributed by atoms with Crippen LogP contribution in [-0.2, 0) is 0 Å². The van der Waals surface area contributed by atoms with Gasteiger partial charge in [0.1, 0.15) is 24.6 Å². The Morgan fingerprint density at radius 2 is 1.77 bits per heavy atom. The van der Waals surface area contributed by atoms with Gasteiger partial charge in [-0.2, -0.15) is 15.4 Å². The molecule has 0 bridgehead atoms. The predicted molar refractivity (Wildman–Crippen MR) is 80.8 cm³/mol. The monoisotopic (exact) mass is 294 g/mol. The van der Waals surface area contributed by atoms with Gasteiger partial charge in [0.2, 0.25) is 0 Å². The Balaban J connectivity index is 1.80. The van der Waals surface area contributed by atoms with Gasteiger partial charge in [-0.1, -0.05) is 6.07 Å². The SMILES string of the molecule is Cc1cccc(-c2n[nH]nc2-c2ccc3c(c2)OCCO3)n1. The fraction of sp³-hybridized carbons (Fsp3) is 0.188. The number of pyridine rings is 1. The fourth-order valence-electron chi connectivity index (χ4n) is 2.48. The molecule has 0 radical (unpaired) electrons. The van der Waals surface area contributed by atoms with Crippen LogP contribution in [0.1, 0.15) is 5.69 Å². The molecule has 3 aromatic rings. The number of rotatable bonds is 2. The average molecular weight is 294 g/mol. The highest BCUT2D eigenvalue weighted by molar-refractivity contribution is 5.77. The summed E-state index contributed by atoms with van der Waals surface area (Å²) in [6.45, 7) is 3.09. The Hall–Kier alpha value is -2.89. The van der Waals surface area contributed by atoms with Crippen molar-refractivity contribution in [2.24, 2.45) is 0 Å². The van der Waals surface area contributed by atoms with E-state index in [2.05, 4.69) is 20.4 Å². The Bertz CT molecular complexity index is 829. The summed E-state index contributed by atoms with van der Waals surface area (Å²) in [5.41, 5.74) is 4.11. The van der Waals surface area contributed by atoms with Crippen LogP contribution in [0.5, 0.6) is 11.5 Å². The van der Waals surface area contributed by atoms with Crippen LogP contribution in [0, 0.1) is 6.92 Å². The molecule has 0 spiro atoms. The number of nitrogens with one attached hydrogen (secondary N) is 1. The molecule has 4 rings (SSSR count). The highest BCUT2D eigenvalue weighted by Crippen LogP contribution is 2.36. The van der Waals surface area contributed by atoms with Crippen molar-refractivity contribution in [3.63, 3.8) is 0 Å². The lowest BCUT2D eigenvalue weighted by atomic mass is 10.1. The number of H-pyrrole nitrogens is 1. The lowest BCUT2D eigenvalue weighted by Crippen LogP contribution is -2.15. The molecule has 0 saturated heterocycles. The van der Waals surface area contributed by atoms with Crippen molar-refractivity contribution in [2.75, 3.05) is 13.2 Å². The van der Waals surface area contributed by atoms with Gasteiger partial charge in [0, 0.05) is 11.3 Å². The van der Waals surface area contributed by atoms with Crippen molar-refractivity contribution >= 4 is 0 Å². The summed E-state index contributed by atoms with van der Waals surface area (Å²) in [4.78, 5) is 4.51. The zero-order chi connectivity index (χ0) is 14.9. The first-order chi connectivity index (χ1) is 10.8. The molecule has 1 aliphatic heterocycles. The fourth-order valence-corrected chi connectivity index (χ4v) is 2.48. The van der Waals surface area contributed by atoms with Gasteiger partial charge in [0.05, 0.1) is 5.69 Å². The highest BCUT2D eigenvalue weighted by atomic mass is 16.6. The van der Waals surface area contributed by atoms with Crippen LogP contribution in [0.2, 0.25) is 0 Å². The topological polar surface area (TPSA) is 72.9 Å². The summed E-state index contributed by atoms with van der Waals surface area (Å²) in [6, 6.07) is 11.6. The van der Waals surface area contributed by atoms with Crippen LogP contribution in [-0.4, -0.2) is 33.6 Å². The van der Waals surface area contributed by atoms with Crippen LogP contribution in [0.3, 0.4) is 0 Å². The zero-order valence-corrected chi connectivity index (χ0v) is 12.0. The first kappa shape index (κ1) is 12.8. The Morgan fingerprint density at radius 1 is 0.955 bits per heavy atom. The molecule has 1 aromatic carbocycles. The van der Waals surface area contributed by atoms with E-state index >= 15 is 0 Å². The van der Waals surface area contributed by atoms with Gasteiger partial charge in [-0.05, 0) is 37.3 Å². The molecule has 6 nitrogen and oxygen atoms in total. The average Bonchev–Trinajstić information content (AvgIpc) is 3.04. The third kappa shape index (κ3) is 2.18. The highest BCUT2D eigenvalue weighted by Gasteiger charge is 2.17. The third-order valence-corrected chi connectivity index (χ3v) is 3.49. The maximum atomic E-state index is 5.63. The molecule has 2 aromatic heterocycles. The van der Waals surface area contributed by atoms with E-state index in [1.165, 1.54) is 0 Å². The van der Waals surface area contributed by atoms with Crippen molar-refractivity contribution in [1.82, 2.24) is 20.4 Å². The molecule has 0 saturated carbocycles. The third-order valence-electron chi connectivity index (χ3n) is 3.49. The zero-order valence-electron chi connectivity index (χ0n) is 12.0. The molecule has 1 N–H and O–H groups in total. The Morgan fingerprint density at radius 3 is 2.64 bits per heavy atom. The second kappa shape index (κ2) is 5.14. The lowest BCUT2D eigenvalue weighted by Gasteiger charge is -2.18. The van der Waals surface area contributed by atoms with Gasteiger partial charge in [-0.3, -0.25) is 4.98 Å². The molecule has 0 amide bonds. The molecular formula is C16H14N4O2. The van der Waals surface area contributed by atoms with Gasteiger partial charge >= 0.3 is 0 Å². The molecule has 0 atom stereocenters. The van der Waals surface area contributed by atoms with E-state index in [0.717, 1.165) is 39.8 Å². The normalized spacial score (nSPS) is 13.1. The van der Waals surface area contributed by atoms with E-state index < -0.39 is 0 Å². The van der Waals surface area contributed by atoms with E-state index in [1.807, 2.05) is 43.3 Å². The van der Waals surface area contributed by atoms with E-state index in [-0.39, 0.29) is 0 Å². The van der Waals surface area contributed by atoms with E-state index in [0.29, 0.717) is 13.2 Å². The molecule has 0 aliphatic carbocycles. The number of nitrogens with zero attached hydrogens (tertiary/aromatic N) is 3. The first-order valence-corrected chi connectivity index (χ1v) is 7.06. The van der Waals surface area contributed by atoms with E-state index in [9.17, 15) is 0 Å². The molecule has 3 heterocycles. The number of hydrogen-bond acceptors (Lipinski definition) is 5. The van der Waals surface area contributed by atoms with Crippen molar-refractivity contribution in [3.8, 4) is 34.1 Å². The number of aromatic nitrogens is 4.